The normalized spacial score (nSPS) is 13.0. The van der Waals surface area contributed by atoms with Gasteiger partial charge in [0.2, 0.25) is 0 Å². The first kappa shape index (κ1) is 17.1. The monoisotopic (exact) mass is 314 g/mol. The quantitative estimate of drug-likeness (QED) is 0.730. The standard InChI is InChI=1S/C19H23FN2O/c1-5-13(2)12-23-19-21-11-17(20)18(22-19)10-15(4)16-8-6-14(3)7-9-16/h5-9,11,15H,10,12H2,1-4H3/b13-5+. The van der Waals surface area contributed by atoms with Crippen molar-refractivity contribution in [2.45, 2.75) is 40.0 Å². The second-order valence-electron chi connectivity index (χ2n) is 5.89. The van der Waals surface area contributed by atoms with Gasteiger partial charge in [-0.25, -0.2) is 9.37 Å². The molecule has 0 radical (unpaired) electrons. The summed E-state index contributed by atoms with van der Waals surface area (Å²) in [6.45, 7) is 8.43. The molecular weight excluding hydrogens is 291 g/mol. The highest BCUT2D eigenvalue weighted by Crippen LogP contribution is 2.22. The maximum absolute atomic E-state index is 14.0. The van der Waals surface area contributed by atoms with E-state index in [1.165, 1.54) is 17.3 Å². The number of allylic oxidation sites excluding steroid dienone is 1. The minimum atomic E-state index is -0.390. The summed E-state index contributed by atoms with van der Waals surface area (Å²) in [5.74, 6) is -0.218. The van der Waals surface area contributed by atoms with Crippen molar-refractivity contribution in [1.29, 1.82) is 0 Å². The van der Waals surface area contributed by atoms with Crippen LogP contribution in [0.1, 0.15) is 43.5 Å². The third-order valence-corrected chi connectivity index (χ3v) is 3.86. The van der Waals surface area contributed by atoms with E-state index in [0.717, 1.165) is 5.57 Å². The predicted molar refractivity (Wildman–Crippen MR) is 90.2 cm³/mol. The van der Waals surface area contributed by atoms with Crippen LogP contribution in [0.25, 0.3) is 0 Å². The molecule has 1 aromatic heterocycles. The van der Waals surface area contributed by atoms with E-state index < -0.39 is 0 Å². The van der Waals surface area contributed by atoms with Crippen LogP contribution in [0.3, 0.4) is 0 Å². The number of aryl methyl sites for hydroxylation is 1. The van der Waals surface area contributed by atoms with E-state index in [9.17, 15) is 4.39 Å². The summed E-state index contributed by atoms with van der Waals surface area (Å²) in [6, 6.07) is 8.50. The zero-order chi connectivity index (χ0) is 16.8. The van der Waals surface area contributed by atoms with Crippen molar-refractivity contribution in [2.75, 3.05) is 6.61 Å². The molecule has 1 heterocycles. The van der Waals surface area contributed by atoms with Crippen LogP contribution in [0.5, 0.6) is 6.01 Å². The molecular formula is C19H23FN2O. The Bertz CT molecular complexity index is 680. The molecule has 0 fully saturated rings. The van der Waals surface area contributed by atoms with E-state index in [1.54, 1.807) is 0 Å². The Kier molecular flexibility index (Phi) is 5.85. The molecule has 0 saturated heterocycles. The largest absolute Gasteiger partial charge is 0.459 e. The predicted octanol–water partition coefficient (Wildman–Crippen LogP) is 4.62. The van der Waals surface area contributed by atoms with E-state index in [1.807, 2.05) is 19.9 Å². The molecule has 1 atom stereocenters. The highest BCUT2D eigenvalue weighted by Gasteiger charge is 2.13. The molecule has 0 saturated carbocycles. The maximum Gasteiger partial charge on any atom is 0.317 e. The summed E-state index contributed by atoms with van der Waals surface area (Å²) >= 11 is 0. The first-order valence-electron chi connectivity index (χ1n) is 7.82. The molecule has 0 aliphatic heterocycles. The second kappa shape index (κ2) is 7.86. The molecule has 122 valence electrons. The molecule has 0 amide bonds. The number of ether oxygens (including phenoxy) is 1. The molecule has 23 heavy (non-hydrogen) atoms. The van der Waals surface area contributed by atoms with Gasteiger partial charge >= 0.3 is 6.01 Å². The van der Waals surface area contributed by atoms with Crippen LogP contribution in [0.4, 0.5) is 4.39 Å². The van der Waals surface area contributed by atoms with Crippen molar-refractivity contribution in [3.8, 4) is 6.01 Å². The summed E-state index contributed by atoms with van der Waals surface area (Å²) in [4.78, 5) is 8.13. The Morgan fingerprint density at radius 1 is 1.30 bits per heavy atom. The van der Waals surface area contributed by atoms with E-state index in [4.69, 9.17) is 4.74 Å². The molecule has 1 unspecified atom stereocenters. The second-order valence-corrected chi connectivity index (χ2v) is 5.89. The van der Waals surface area contributed by atoms with Crippen molar-refractivity contribution in [1.82, 2.24) is 9.97 Å². The molecule has 3 nitrogen and oxygen atoms in total. The first-order valence-corrected chi connectivity index (χ1v) is 7.82. The fraction of sp³-hybridized carbons (Fsp3) is 0.368. The number of halogens is 1. The molecule has 0 spiro atoms. The maximum atomic E-state index is 14.0. The van der Waals surface area contributed by atoms with Crippen LogP contribution >= 0.6 is 0 Å². The lowest BCUT2D eigenvalue weighted by molar-refractivity contribution is 0.319. The Morgan fingerprint density at radius 2 is 2.00 bits per heavy atom. The van der Waals surface area contributed by atoms with E-state index in [-0.39, 0.29) is 17.7 Å². The molecule has 0 aliphatic rings. The zero-order valence-electron chi connectivity index (χ0n) is 14.1. The molecule has 0 bridgehead atoms. The minimum absolute atomic E-state index is 0.171. The van der Waals surface area contributed by atoms with Gasteiger partial charge in [-0.3, -0.25) is 0 Å². The van der Waals surface area contributed by atoms with E-state index in [2.05, 4.69) is 48.1 Å². The molecule has 0 N–H and O–H groups in total. The Hall–Kier alpha value is -2.23. The van der Waals surface area contributed by atoms with Gasteiger partial charge < -0.3 is 4.74 Å². The highest BCUT2D eigenvalue weighted by atomic mass is 19.1. The number of rotatable bonds is 6. The molecule has 0 aliphatic carbocycles. The smallest absolute Gasteiger partial charge is 0.317 e. The fourth-order valence-electron chi connectivity index (χ4n) is 2.16. The van der Waals surface area contributed by atoms with Gasteiger partial charge in [0, 0.05) is 0 Å². The minimum Gasteiger partial charge on any atom is -0.459 e. The van der Waals surface area contributed by atoms with Crippen LogP contribution in [-0.4, -0.2) is 16.6 Å². The number of aromatic nitrogens is 2. The fourth-order valence-corrected chi connectivity index (χ4v) is 2.16. The van der Waals surface area contributed by atoms with Gasteiger partial charge in [-0.05, 0) is 44.2 Å². The molecule has 4 heteroatoms. The van der Waals surface area contributed by atoms with Crippen LogP contribution < -0.4 is 4.74 Å². The van der Waals surface area contributed by atoms with Crippen molar-refractivity contribution < 1.29 is 9.13 Å². The Labute approximate surface area is 137 Å². The van der Waals surface area contributed by atoms with Gasteiger partial charge in [-0.2, -0.15) is 4.98 Å². The number of nitrogens with zero attached hydrogens (tertiary/aromatic N) is 2. The molecule has 1 aromatic carbocycles. The van der Waals surface area contributed by atoms with Gasteiger partial charge in [0.1, 0.15) is 6.61 Å². The number of hydrogen-bond donors (Lipinski definition) is 0. The lowest BCUT2D eigenvalue weighted by atomic mass is 9.95. The molecule has 2 aromatic rings. The van der Waals surface area contributed by atoms with Gasteiger partial charge in [0.15, 0.2) is 5.82 Å². The third kappa shape index (κ3) is 4.88. The highest BCUT2D eigenvalue weighted by molar-refractivity contribution is 5.25. The third-order valence-electron chi connectivity index (χ3n) is 3.86. The average Bonchev–Trinajstić information content (AvgIpc) is 2.55. The van der Waals surface area contributed by atoms with Crippen molar-refractivity contribution >= 4 is 0 Å². The van der Waals surface area contributed by atoms with Crippen molar-refractivity contribution in [2.24, 2.45) is 0 Å². The SMILES string of the molecule is C/C=C(\C)COc1ncc(F)c(CC(C)c2ccc(C)cc2)n1. The Morgan fingerprint density at radius 3 is 2.65 bits per heavy atom. The Balaban J connectivity index is 2.10. The van der Waals surface area contributed by atoms with Gasteiger partial charge in [-0.15, -0.1) is 0 Å². The van der Waals surface area contributed by atoms with Gasteiger partial charge in [-0.1, -0.05) is 42.8 Å². The van der Waals surface area contributed by atoms with E-state index >= 15 is 0 Å². The number of benzene rings is 1. The summed E-state index contributed by atoms with van der Waals surface area (Å²) in [7, 11) is 0. The van der Waals surface area contributed by atoms with E-state index in [0.29, 0.717) is 18.7 Å². The van der Waals surface area contributed by atoms with Crippen LogP contribution in [0.15, 0.2) is 42.1 Å². The van der Waals surface area contributed by atoms with Crippen molar-refractivity contribution in [3.05, 3.63) is 64.7 Å². The molecule has 2 rings (SSSR count). The lowest BCUT2D eigenvalue weighted by Crippen LogP contribution is -2.08. The van der Waals surface area contributed by atoms with Gasteiger partial charge in [0.25, 0.3) is 0 Å². The van der Waals surface area contributed by atoms with Crippen LogP contribution in [0, 0.1) is 12.7 Å². The number of hydrogen-bond acceptors (Lipinski definition) is 3. The average molecular weight is 314 g/mol. The summed E-state index contributed by atoms with van der Waals surface area (Å²) in [6.07, 6.45) is 3.66. The summed E-state index contributed by atoms with van der Waals surface area (Å²) < 4.78 is 19.5. The van der Waals surface area contributed by atoms with Crippen LogP contribution in [-0.2, 0) is 6.42 Å². The van der Waals surface area contributed by atoms with Crippen LogP contribution in [0.2, 0.25) is 0 Å². The zero-order valence-corrected chi connectivity index (χ0v) is 14.1. The van der Waals surface area contributed by atoms with Gasteiger partial charge in [0.05, 0.1) is 11.9 Å². The summed E-state index contributed by atoms with van der Waals surface area (Å²) in [5.41, 5.74) is 3.85. The topological polar surface area (TPSA) is 35.0 Å². The summed E-state index contributed by atoms with van der Waals surface area (Å²) in [5, 5.41) is 0. The first-order chi connectivity index (χ1) is 11.0. The van der Waals surface area contributed by atoms with Crippen molar-refractivity contribution in [3.63, 3.8) is 0 Å². The lowest BCUT2D eigenvalue weighted by Gasteiger charge is -2.13.